The smallest absolute Gasteiger partial charge is 0.253 e. The summed E-state index contributed by atoms with van der Waals surface area (Å²) in [5.41, 5.74) is 7.46. The van der Waals surface area contributed by atoms with Crippen molar-refractivity contribution in [2.24, 2.45) is 5.73 Å². The molecule has 0 unspecified atom stereocenters. The van der Waals surface area contributed by atoms with Gasteiger partial charge in [0.15, 0.2) is 0 Å². The average molecular weight is 396 g/mol. The van der Waals surface area contributed by atoms with E-state index < -0.39 is 5.91 Å². The predicted molar refractivity (Wildman–Crippen MR) is 115 cm³/mol. The monoisotopic (exact) mass is 396 g/mol. The lowest BCUT2D eigenvalue weighted by molar-refractivity contribution is -0.114. The molecule has 4 N–H and O–H groups in total. The molecule has 0 fully saturated rings. The van der Waals surface area contributed by atoms with E-state index in [1.807, 2.05) is 18.7 Å². The number of benzene rings is 2. The average Bonchev–Trinajstić information content (AvgIpc) is 2.72. The fourth-order valence-electron chi connectivity index (χ4n) is 2.90. The van der Waals surface area contributed by atoms with Gasteiger partial charge in [0.2, 0.25) is 11.8 Å². The molecule has 2 aromatic carbocycles. The van der Waals surface area contributed by atoms with Gasteiger partial charge in [-0.1, -0.05) is 19.9 Å². The van der Waals surface area contributed by atoms with E-state index in [9.17, 15) is 14.4 Å². The maximum atomic E-state index is 12.6. The highest BCUT2D eigenvalue weighted by molar-refractivity contribution is 5.97. The van der Waals surface area contributed by atoms with Crippen molar-refractivity contribution in [2.75, 3.05) is 30.3 Å². The quantitative estimate of drug-likeness (QED) is 0.574. The SMILES string of the molecule is CCCN(CCC)C(=O)c1ccc(NC(=O)CNc2cccc(C(N)=O)c2)cc1. The zero-order valence-corrected chi connectivity index (χ0v) is 16.9. The number of nitrogens with one attached hydrogen (secondary N) is 2. The molecular formula is C22H28N4O3. The van der Waals surface area contributed by atoms with E-state index in [0.717, 1.165) is 25.9 Å². The molecule has 0 atom stereocenters. The van der Waals surface area contributed by atoms with Gasteiger partial charge in [0.05, 0.1) is 6.54 Å². The molecule has 0 radical (unpaired) electrons. The molecular weight excluding hydrogens is 368 g/mol. The minimum absolute atomic E-state index is 0.00239. The van der Waals surface area contributed by atoms with Crippen LogP contribution in [0.4, 0.5) is 11.4 Å². The van der Waals surface area contributed by atoms with Crippen molar-refractivity contribution in [3.8, 4) is 0 Å². The van der Waals surface area contributed by atoms with Crippen molar-refractivity contribution in [1.82, 2.24) is 4.90 Å². The second kappa shape index (κ2) is 10.8. The number of amides is 3. The number of carbonyl (C=O) groups is 3. The fourth-order valence-corrected chi connectivity index (χ4v) is 2.90. The number of anilines is 2. The van der Waals surface area contributed by atoms with E-state index in [0.29, 0.717) is 22.5 Å². The molecule has 0 bridgehead atoms. The van der Waals surface area contributed by atoms with E-state index in [1.165, 1.54) is 0 Å². The molecule has 0 aromatic heterocycles. The van der Waals surface area contributed by atoms with Crippen LogP contribution in [0.3, 0.4) is 0 Å². The molecule has 7 nitrogen and oxygen atoms in total. The van der Waals surface area contributed by atoms with E-state index in [-0.39, 0.29) is 18.4 Å². The minimum atomic E-state index is -0.524. The van der Waals surface area contributed by atoms with E-state index in [4.69, 9.17) is 5.73 Å². The van der Waals surface area contributed by atoms with Crippen LogP contribution in [0.25, 0.3) is 0 Å². The lowest BCUT2D eigenvalue weighted by atomic mass is 10.1. The standard InChI is InChI=1S/C22H28N4O3/c1-3-12-26(13-4-2)22(29)16-8-10-18(11-9-16)25-20(27)15-24-19-7-5-6-17(14-19)21(23)28/h5-11,14,24H,3-4,12-13,15H2,1-2H3,(H2,23,28)(H,25,27). The summed E-state index contributed by atoms with van der Waals surface area (Å²) in [5.74, 6) is -0.765. The minimum Gasteiger partial charge on any atom is -0.376 e. The summed E-state index contributed by atoms with van der Waals surface area (Å²) >= 11 is 0. The van der Waals surface area contributed by atoms with Crippen LogP contribution in [0.1, 0.15) is 47.4 Å². The molecule has 0 heterocycles. The third kappa shape index (κ3) is 6.64. The largest absolute Gasteiger partial charge is 0.376 e. The molecule has 0 spiro atoms. The van der Waals surface area contributed by atoms with Crippen LogP contribution in [0, 0.1) is 0 Å². The summed E-state index contributed by atoms with van der Waals surface area (Å²) in [7, 11) is 0. The molecule has 7 heteroatoms. The predicted octanol–water partition coefficient (Wildman–Crippen LogP) is 3.10. The number of nitrogens with zero attached hydrogens (tertiary/aromatic N) is 1. The Labute approximate surface area is 171 Å². The zero-order chi connectivity index (χ0) is 21.2. The highest BCUT2D eigenvalue weighted by atomic mass is 16.2. The molecule has 29 heavy (non-hydrogen) atoms. The Morgan fingerprint density at radius 2 is 1.55 bits per heavy atom. The molecule has 0 aliphatic heterocycles. The van der Waals surface area contributed by atoms with Crippen LogP contribution < -0.4 is 16.4 Å². The van der Waals surface area contributed by atoms with Crippen molar-refractivity contribution >= 4 is 29.1 Å². The van der Waals surface area contributed by atoms with Crippen molar-refractivity contribution in [2.45, 2.75) is 26.7 Å². The van der Waals surface area contributed by atoms with Gasteiger partial charge in [0.1, 0.15) is 0 Å². The number of hydrogen-bond acceptors (Lipinski definition) is 4. The van der Waals surface area contributed by atoms with Crippen LogP contribution >= 0.6 is 0 Å². The summed E-state index contributed by atoms with van der Waals surface area (Å²) in [6.45, 7) is 5.59. The van der Waals surface area contributed by atoms with Gasteiger partial charge < -0.3 is 21.3 Å². The van der Waals surface area contributed by atoms with Crippen molar-refractivity contribution in [3.63, 3.8) is 0 Å². The first-order valence-electron chi connectivity index (χ1n) is 9.77. The molecule has 2 rings (SSSR count). The van der Waals surface area contributed by atoms with Gasteiger partial charge in [-0.15, -0.1) is 0 Å². The lowest BCUT2D eigenvalue weighted by Crippen LogP contribution is -2.32. The highest BCUT2D eigenvalue weighted by Crippen LogP contribution is 2.13. The molecule has 3 amide bonds. The number of carbonyl (C=O) groups excluding carboxylic acids is 3. The Hall–Kier alpha value is -3.35. The fraction of sp³-hybridized carbons (Fsp3) is 0.318. The van der Waals surface area contributed by atoms with Gasteiger partial charge in [0.25, 0.3) is 5.91 Å². The zero-order valence-electron chi connectivity index (χ0n) is 16.9. The van der Waals surface area contributed by atoms with Crippen LogP contribution in [0.5, 0.6) is 0 Å². The van der Waals surface area contributed by atoms with Crippen molar-refractivity contribution in [3.05, 3.63) is 59.7 Å². The Kier molecular flexibility index (Phi) is 8.21. The Morgan fingerprint density at radius 1 is 0.897 bits per heavy atom. The molecule has 0 saturated heterocycles. The molecule has 154 valence electrons. The van der Waals surface area contributed by atoms with E-state index in [1.54, 1.807) is 48.5 Å². The summed E-state index contributed by atoms with van der Waals surface area (Å²) < 4.78 is 0. The summed E-state index contributed by atoms with van der Waals surface area (Å²) in [4.78, 5) is 37.8. The highest BCUT2D eigenvalue weighted by Gasteiger charge is 2.14. The number of nitrogens with two attached hydrogens (primary N) is 1. The molecule has 2 aromatic rings. The Morgan fingerprint density at radius 3 is 2.14 bits per heavy atom. The van der Waals surface area contributed by atoms with Crippen molar-refractivity contribution < 1.29 is 14.4 Å². The number of primary amides is 1. The van der Waals surface area contributed by atoms with Gasteiger partial charge in [-0.05, 0) is 55.3 Å². The van der Waals surface area contributed by atoms with Crippen LogP contribution in [0.2, 0.25) is 0 Å². The van der Waals surface area contributed by atoms with E-state index >= 15 is 0 Å². The second-order valence-electron chi connectivity index (χ2n) is 6.72. The maximum absolute atomic E-state index is 12.6. The van der Waals surface area contributed by atoms with Gasteiger partial charge in [-0.2, -0.15) is 0 Å². The molecule has 0 saturated carbocycles. The number of hydrogen-bond donors (Lipinski definition) is 3. The van der Waals surface area contributed by atoms with Crippen LogP contribution in [-0.4, -0.2) is 42.3 Å². The number of rotatable bonds is 10. The first kappa shape index (κ1) is 21.9. The van der Waals surface area contributed by atoms with Gasteiger partial charge >= 0.3 is 0 Å². The Bertz CT molecular complexity index is 843. The van der Waals surface area contributed by atoms with Crippen LogP contribution in [-0.2, 0) is 4.79 Å². The third-order valence-electron chi connectivity index (χ3n) is 4.29. The second-order valence-corrected chi connectivity index (χ2v) is 6.72. The lowest BCUT2D eigenvalue weighted by Gasteiger charge is -2.21. The van der Waals surface area contributed by atoms with Crippen LogP contribution in [0.15, 0.2) is 48.5 Å². The molecule has 0 aliphatic carbocycles. The van der Waals surface area contributed by atoms with Gasteiger partial charge in [0, 0.05) is 35.6 Å². The Balaban J connectivity index is 1.91. The molecule has 0 aliphatic rings. The van der Waals surface area contributed by atoms with E-state index in [2.05, 4.69) is 10.6 Å². The first-order chi connectivity index (χ1) is 13.9. The summed E-state index contributed by atoms with van der Waals surface area (Å²) in [6.07, 6.45) is 1.82. The normalized spacial score (nSPS) is 10.3. The topological polar surface area (TPSA) is 105 Å². The first-order valence-corrected chi connectivity index (χ1v) is 9.77. The van der Waals surface area contributed by atoms with Gasteiger partial charge in [-0.25, -0.2) is 0 Å². The van der Waals surface area contributed by atoms with Crippen molar-refractivity contribution in [1.29, 1.82) is 0 Å². The maximum Gasteiger partial charge on any atom is 0.253 e. The van der Waals surface area contributed by atoms with Gasteiger partial charge in [-0.3, -0.25) is 14.4 Å². The third-order valence-corrected chi connectivity index (χ3v) is 4.29. The summed E-state index contributed by atoms with van der Waals surface area (Å²) in [5, 5.41) is 5.73. The summed E-state index contributed by atoms with van der Waals surface area (Å²) in [6, 6.07) is 13.5.